The van der Waals surface area contributed by atoms with E-state index in [2.05, 4.69) is 20.7 Å². The van der Waals surface area contributed by atoms with Crippen LogP contribution >= 0.6 is 11.8 Å². The lowest BCUT2D eigenvalue weighted by molar-refractivity contribution is -0.118. The van der Waals surface area contributed by atoms with E-state index in [1.807, 2.05) is 108 Å². The third-order valence-electron chi connectivity index (χ3n) is 5.86. The van der Waals surface area contributed by atoms with E-state index in [-0.39, 0.29) is 11.7 Å². The molecular formula is C31H27N5O4S. The van der Waals surface area contributed by atoms with Gasteiger partial charge in [-0.2, -0.15) is 5.10 Å². The van der Waals surface area contributed by atoms with Crippen LogP contribution < -0.4 is 19.6 Å². The van der Waals surface area contributed by atoms with Gasteiger partial charge in [0.1, 0.15) is 11.5 Å². The molecule has 41 heavy (non-hydrogen) atoms. The Morgan fingerprint density at radius 3 is 2.34 bits per heavy atom. The van der Waals surface area contributed by atoms with E-state index < -0.39 is 0 Å². The number of rotatable bonds is 11. The van der Waals surface area contributed by atoms with Crippen molar-refractivity contribution in [3.8, 4) is 40.1 Å². The van der Waals surface area contributed by atoms with Crippen molar-refractivity contribution in [3.05, 3.63) is 109 Å². The zero-order valence-electron chi connectivity index (χ0n) is 22.4. The summed E-state index contributed by atoms with van der Waals surface area (Å²) in [5.41, 5.74) is 5.02. The number of hydrogen-bond acceptors (Lipinski definition) is 8. The Bertz CT molecular complexity index is 1640. The second-order valence-electron chi connectivity index (χ2n) is 8.62. The first-order valence-corrected chi connectivity index (χ1v) is 13.6. The van der Waals surface area contributed by atoms with Crippen LogP contribution in [0.25, 0.3) is 17.1 Å². The van der Waals surface area contributed by atoms with Crippen LogP contribution in [0.2, 0.25) is 0 Å². The molecule has 1 N–H and O–H groups in total. The second kappa shape index (κ2) is 13.3. The molecule has 0 aliphatic rings. The average Bonchev–Trinajstić information content (AvgIpc) is 3.45. The monoisotopic (exact) mass is 565 g/mol. The molecule has 5 aromatic rings. The van der Waals surface area contributed by atoms with Gasteiger partial charge in [-0.1, -0.05) is 60.3 Å². The minimum atomic E-state index is -0.279. The fraction of sp³-hybridized carbons (Fsp3) is 0.0968. The number of aromatic nitrogens is 3. The number of methoxy groups -OCH3 is 2. The lowest BCUT2D eigenvalue weighted by atomic mass is 10.2. The van der Waals surface area contributed by atoms with Crippen molar-refractivity contribution in [3.63, 3.8) is 0 Å². The molecule has 0 saturated carbocycles. The third-order valence-corrected chi connectivity index (χ3v) is 6.79. The maximum absolute atomic E-state index is 12.6. The van der Waals surface area contributed by atoms with Crippen LogP contribution in [0.4, 0.5) is 0 Å². The van der Waals surface area contributed by atoms with Gasteiger partial charge in [-0.3, -0.25) is 9.36 Å². The molecule has 10 heteroatoms. The van der Waals surface area contributed by atoms with E-state index in [0.717, 1.165) is 22.6 Å². The molecule has 0 fully saturated rings. The summed E-state index contributed by atoms with van der Waals surface area (Å²) >= 11 is 1.26. The molecule has 9 nitrogen and oxygen atoms in total. The highest BCUT2D eigenvalue weighted by Gasteiger charge is 2.18. The van der Waals surface area contributed by atoms with Gasteiger partial charge in [0, 0.05) is 11.3 Å². The van der Waals surface area contributed by atoms with Crippen molar-refractivity contribution < 1.29 is 19.0 Å². The molecule has 0 atom stereocenters. The number of ether oxygens (including phenoxy) is 3. The highest BCUT2D eigenvalue weighted by Crippen LogP contribution is 2.34. The van der Waals surface area contributed by atoms with Gasteiger partial charge < -0.3 is 14.2 Å². The SMILES string of the molecule is COc1ccc(-c2nnc(SCC(=O)N/N=C\c3cccc(Oc4ccccc4)c3)n2-c2ccccc2)cc1OC. The number of para-hydroxylation sites is 2. The molecular weight excluding hydrogens is 538 g/mol. The lowest BCUT2D eigenvalue weighted by Crippen LogP contribution is -2.20. The van der Waals surface area contributed by atoms with Gasteiger partial charge in [-0.25, -0.2) is 5.43 Å². The number of benzene rings is 4. The first kappa shape index (κ1) is 27.5. The minimum absolute atomic E-state index is 0.0887. The number of nitrogens with zero attached hydrogens (tertiary/aromatic N) is 4. The van der Waals surface area contributed by atoms with E-state index in [4.69, 9.17) is 14.2 Å². The number of nitrogens with one attached hydrogen (secondary N) is 1. The molecule has 0 bridgehead atoms. The van der Waals surface area contributed by atoms with Gasteiger partial charge in [0.25, 0.3) is 5.91 Å². The van der Waals surface area contributed by atoms with Gasteiger partial charge in [0.15, 0.2) is 22.5 Å². The van der Waals surface area contributed by atoms with Gasteiger partial charge in [-0.05, 0) is 60.2 Å². The molecule has 0 unspecified atom stereocenters. The highest BCUT2D eigenvalue weighted by atomic mass is 32.2. The van der Waals surface area contributed by atoms with Crippen molar-refractivity contribution in [1.82, 2.24) is 20.2 Å². The molecule has 0 saturated heterocycles. The summed E-state index contributed by atoms with van der Waals surface area (Å²) in [4.78, 5) is 12.6. The van der Waals surface area contributed by atoms with Crippen molar-refractivity contribution in [2.24, 2.45) is 5.10 Å². The summed E-state index contributed by atoms with van der Waals surface area (Å²) in [7, 11) is 3.17. The number of carbonyl (C=O) groups excluding carboxylic acids is 1. The fourth-order valence-electron chi connectivity index (χ4n) is 3.96. The molecule has 0 spiro atoms. The van der Waals surface area contributed by atoms with Crippen molar-refractivity contribution in [1.29, 1.82) is 0 Å². The van der Waals surface area contributed by atoms with E-state index in [1.54, 1.807) is 20.4 Å². The van der Waals surface area contributed by atoms with Crippen LogP contribution in [0.3, 0.4) is 0 Å². The maximum atomic E-state index is 12.6. The number of hydrazone groups is 1. The van der Waals surface area contributed by atoms with E-state index >= 15 is 0 Å². The van der Waals surface area contributed by atoms with Crippen LogP contribution in [0.15, 0.2) is 113 Å². The minimum Gasteiger partial charge on any atom is -0.493 e. The van der Waals surface area contributed by atoms with E-state index in [0.29, 0.717) is 28.2 Å². The summed E-state index contributed by atoms with van der Waals surface area (Å²) in [5, 5.41) is 13.5. The Morgan fingerprint density at radius 2 is 1.59 bits per heavy atom. The number of carbonyl (C=O) groups is 1. The Kier molecular flexibility index (Phi) is 8.92. The molecule has 1 aromatic heterocycles. The van der Waals surface area contributed by atoms with Crippen LogP contribution in [-0.2, 0) is 4.79 Å². The predicted octanol–water partition coefficient (Wildman–Crippen LogP) is 5.99. The number of hydrogen-bond donors (Lipinski definition) is 1. The molecule has 1 heterocycles. The lowest BCUT2D eigenvalue weighted by Gasteiger charge is -2.12. The maximum Gasteiger partial charge on any atom is 0.250 e. The Balaban J connectivity index is 1.27. The average molecular weight is 566 g/mol. The summed E-state index contributed by atoms with van der Waals surface area (Å²) in [5.74, 6) is 3.03. The summed E-state index contributed by atoms with van der Waals surface area (Å²) in [6, 6.07) is 32.2. The van der Waals surface area contributed by atoms with Crippen LogP contribution in [0, 0.1) is 0 Å². The predicted molar refractivity (Wildman–Crippen MR) is 159 cm³/mol. The quantitative estimate of drug-likeness (QED) is 0.119. The van der Waals surface area contributed by atoms with Gasteiger partial charge in [0.2, 0.25) is 0 Å². The van der Waals surface area contributed by atoms with E-state index in [1.165, 1.54) is 11.8 Å². The van der Waals surface area contributed by atoms with Crippen molar-refractivity contribution in [2.75, 3.05) is 20.0 Å². The van der Waals surface area contributed by atoms with Gasteiger partial charge in [-0.15, -0.1) is 10.2 Å². The fourth-order valence-corrected chi connectivity index (χ4v) is 4.70. The topological polar surface area (TPSA) is 99.9 Å². The molecule has 4 aromatic carbocycles. The number of thioether (sulfide) groups is 1. The van der Waals surface area contributed by atoms with Crippen LogP contribution in [0.1, 0.15) is 5.56 Å². The summed E-state index contributed by atoms with van der Waals surface area (Å²) in [6.45, 7) is 0. The summed E-state index contributed by atoms with van der Waals surface area (Å²) in [6.07, 6.45) is 1.57. The molecule has 0 radical (unpaired) electrons. The molecule has 1 amide bonds. The molecule has 5 rings (SSSR count). The largest absolute Gasteiger partial charge is 0.493 e. The molecule has 206 valence electrons. The Hall–Kier alpha value is -5.09. The van der Waals surface area contributed by atoms with Crippen molar-refractivity contribution in [2.45, 2.75) is 5.16 Å². The molecule has 0 aliphatic carbocycles. The molecule has 0 aliphatic heterocycles. The number of amides is 1. The Morgan fingerprint density at radius 1 is 0.854 bits per heavy atom. The van der Waals surface area contributed by atoms with Crippen LogP contribution in [-0.4, -0.2) is 46.9 Å². The zero-order valence-corrected chi connectivity index (χ0v) is 23.2. The van der Waals surface area contributed by atoms with Gasteiger partial charge >= 0.3 is 0 Å². The van der Waals surface area contributed by atoms with Crippen LogP contribution in [0.5, 0.6) is 23.0 Å². The zero-order chi connectivity index (χ0) is 28.4. The van der Waals surface area contributed by atoms with E-state index in [9.17, 15) is 4.79 Å². The third kappa shape index (κ3) is 6.92. The second-order valence-corrected chi connectivity index (χ2v) is 9.56. The summed E-state index contributed by atoms with van der Waals surface area (Å²) < 4.78 is 18.6. The highest BCUT2D eigenvalue weighted by molar-refractivity contribution is 7.99. The standard InChI is InChI=1S/C31H27N5O4S/c1-38-27-17-16-23(19-28(27)39-2)30-34-35-31(36(30)24-11-5-3-6-12-24)41-21-29(37)33-32-20-22-10-9-15-26(18-22)40-25-13-7-4-8-14-25/h3-20H,21H2,1-2H3,(H,33,37)/b32-20-. The van der Waals surface area contributed by atoms with Gasteiger partial charge in [0.05, 0.1) is 26.2 Å². The Labute approximate surface area is 241 Å². The normalized spacial score (nSPS) is 10.9. The smallest absolute Gasteiger partial charge is 0.250 e. The van der Waals surface area contributed by atoms with Crippen molar-refractivity contribution >= 4 is 23.9 Å². The first-order valence-electron chi connectivity index (χ1n) is 12.7. The first-order chi connectivity index (χ1) is 20.1.